The molecule has 2 N–H and O–H groups in total. The minimum Gasteiger partial charge on any atom is -0.490 e. The van der Waals surface area contributed by atoms with Crippen LogP contribution in [0.15, 0.2) is 36.4 Å². The summed E-state index contributed by atoms with van der Waals surface area (Å²) in [5.41, 5.74) is 6.50. The Labute approximate surface area is 79.0 Å². The third-order valence-electron chi connectivity index (χ3n) is 1.64. The molecule has 0 spiro atoms. The average Bonchev–Trinajstić information content (AvgIpc) is 2.13. The summed E-state index contributed by atoms with van der Waals surface area (Å²) in [6.45, 7) is 3.19. The first-order valence-corrected chi connectivity index (χ1v) is 4.37. The lowest BCUT2D eigenvalue weighted by Gasteiger charge is -2.02. The molecule has 0 heterocycles. The summed E-state index contributed by atoms with van der Waals surface area (Å²) in [6.07, 6.45) is 3.80. The quantitative estimate of drug-likeness (QED) is 0.713. The van der Waals surface area contributed by atoms with Gasteiger partial charge in [0.1, 0.15) is 12.4 Å². The Morgan fingerprint density at radius 3 is 2.92 bits per heavy atom. The lowest BCUT2D eigenvalue weighted by molar-refractivity contribution is 0.362. The van der Waals surface area contributed by atoms with Crippen molar-refractivity contribution in [1.29, 1.82) is 0 Å². The smallest absolute Gasteiger partial charge is 0.120 e. The Morgan fingerprint density at radius 1 is 1.38 bits per heavy atom. The van der Waals surface area contributed by atoms with Crippen molar-refractivity contribution in [2.45, 2.75) is 6.92 Å². The summed E-state index contributed by atoms with van der Waals surface area (Å²) in [7, 11) is 0. The van der Waals surface area contributed by atoms with E-state index >= 15 is 0 Å². The van der Waals surface area contributed by atoms with Gasteiger partial charge < -0.3 is 10.5 Å². The molecule has 1 aromatic rings. The van der Waals surface area contributed by atoms with Gasteiger partial charge in [-0.2, -0.15) is 0 Å². The fourth-order valence-electron chi connectivity index (χ4n) is 1.01. The van der Waals surface area contributed by atoms with Crippen LogP contribution >= 0.6 is 0 Å². The van der Waals surface area contributed by atoms with Crippen LogP contribution in [0.4, 0.5) is 0 Å². The van der Waals surface area contributed by atoms with Gasteiger partial charge in [0.25, 0.3) is 0 Å². The summed E-state index contributed by atoms with van der Waals surface area (Å²) in [5, 5.41) is 0. The predicted molar refractivity (Wildman–Crippen MR) is 54.9 cm³/mol. The van der Waals surface area contributed by atoms with E-state index in [0.29, 0.717) is 13.2 Å². The van der Waals surface area contributed by atoms with Gasteiger partial charge in [-0.25, -0.2) is 0 Å². The van der Waals surface area contributed by atoms with Gasteiger partial charge >= 0.3 is 0 Å². The van der Waals surface area contributed by atoms with E-state index in [1.54, 1.807) is 0 Å². The highest BCUT2D eigenvalue weighted by atomic mass is 16.5. The summed E-state index contributed by atoms with van der Waals surface area (Å²) in [5.74, 6) is 0.904. The van der Waals surface area contributed by atoms with E-state index in [1.165, 1.54) is 5.56 Å². The topological polar surface area (TPSA) is 35.2 Å². The highest BCUT2D eigenvalue weighted by Gasteiger charge is 1.90. The van der Waals surface area contributed by atoms with Crippen LogP contribution < -0.4 is 10.5 Å². The molecule has 0 unspecified atom stereocenters. The zero-order valence-corrected chi connectivity index (χ0v) is 7.86. The van der Waals surface area contributed by atoms with Gasteiger partial charge in [0.15, 0.2) is 0 Å². The van der Waals surface area contributed by atoms with E-state index < -0.39 is 0 Å². The van der Waals surface area contributed by atoms with Crippen molar-refractivity contribution >= 4 is 0 Å². The van der Waals surface area contributed by atoms with Gasteiger partial charge in [-0.15, -0.1) is 0 Å². The average molecular weight is 177 g/mol. The number of aryl methyl sites for hydroxylation is 1. The normalized spacial score (nSPS) is 10.6. The third kappa shape index (κ3) is 3.76. The molecule has 0 aliphatic carbocycles. The van der Waals surface area contributed by atoms with Gasteiger partial charge in [0, 0.05) is 6.54 Å². The number of nitrogens with two attached hydrogens (primary N) is 1. The van der Waals surface area contributed by atoms with E-state index in [-0.39, 0.29) is 0 Å². The third-order valence-corrected chi connectivity index (χ3v) is 1.64. The Morgan fingerprint density at radius 2 is 2.23 bits per heavy atom. The summed E-state index contributed by atoms with van der Waals surface area (Å²) in [6, 6.07) is 7.99. The largest absolute Gasteiger partial charge is 0.490 e. The Kier molecular flexibility index (Phi) is 4.06. The molecule has 0 saturated carbocycles. The van der Waals surface area contributed by atoms with Crippen LogP contribution in [-0.4, -0.2) is 13.2 Å². The van der Waals surface area contributed by atoms with Gasteiger partial charge in [-0.3, -0.25) is 0 Å². The zero-order chi connectivity index (χ0) is 9.52. The Bertz CT molecular complexity index is 281. The molecule has 0 amide bonds. The zero-order valence-electron chi connectivity index (χ0n) is 7.86. The molecule has 1 aromatic carbocycles. The summed E-state index contributed by atoms with van der Waals surface area (Å²) >= 11 is 0. The first-order valence-electron chi connectivity index (χ1n) is 4.37. The Hall–Kier alpha value is -1.28. The SMILES string of the molecule is Cc1cccc(OC/C=C/CN)c1. The Balaban J connectivity index is 2.41. The molecular formula is C11H15NO. The lowest BCUT2D eigenvalue weighted by atomic mass is 10.2. The van der Waals surface area contributed by atoms with Crippen LogP contribution in [0.25, 0.3) is 0 Å². The van der Waals surface area contributed by atoms with Crippen molar-refractivity contribution in [2.75, 3.05) is 13.2 Å². The van der Waals surface area contributed by atoms with Crippen molar-refractivity contribution in [3.63, 3.8) is 0 Å². The molecule has 0 fully saturated rings. The van der Waals surface area contributed by atoms with Crippen LogP contribution in [0, 0.1) is 6.92 Å². The summed E-state index contributed by atoms with van der Waals surface area (Å²) in [4.78, 5) is 0. The second kappa shape index (κ2) is 5.38. The molecule has 0 atom stereocenters. The maximum atomic E-state index is 5.45. The fourth-order valence-corrected chi connectivity index (χ4v) is 1.01. The molecule has 0 saturated heterocycles. The van der Waals surface area contributed by atoms with Crippen LogP contribution in [0.5, 0.6) is 5.75 Å². The molecule has 2 heteroatoms. The minimum absolute atomic E-state index is 0.567. The summed E-state index contributed by atoms with van der Waals surface area (Å²) < 4.78 is 5.45. The number of rotatable bonds is 4. The van der Waals surface area contributed by atoms with E-state index in [9.17, 15) is 0 Å². The molecule has 0 aliphatic rings. The van der Waals surface area contributed by atoms with Crippen molar-refractivity contribution in [2.24, 2.45) is 5.73 Å². The van der Waals surface area contributed by atoms with Crippen LogP contribution in [-0.2, 0) is 0 Å². The molecule has 70 valence electrons. The highest BCUT2D eigenvalue weighted by molar-refractivity contribution is 5.27. The maximum Gasteiger partial charge on any atom is 0.120 e. The second-order valence-electron chi connectivity index (χ2n) is 2.83. The van der Waals surface area contributed by atoms with Crippen LogP contribution in [0.1, 0.15) is 5.56 Å². The predicted octanol–water partition coefficient (Wildman–Crippen LogP) is 1.89. The standard InChI is InChI=1S/C11H15NO/c1-10-5-4-6-11(9-10)13-8-3-2-7-12/h2-6,9H,7-8,12H2,1H3/b3-2+. The number of hydrogen-bond acceptors (Lipinski definition) is 2. The van der Waals surface area contributed by atoms with Crippen molar-refractivity contribution in [3.8, 4) is 5.75 Å². The molecule has 0 bridgehead atoms. The van der Waals surface area contributed by atoms with Crippen molar-refractivity contribution < 1.29 is 4.74 Å². The number of benzene rings is 1. The molecule has 2 nitrogen and oxygen atoms in total. The fraction of sp³-hybridized carbons (Fsp3) is 0.273. The molecular weight excluding hydrogens is 162 g/mol. The van der Waals surface area contributed by atoms with Gasteiger partial charge in [-0.05, 0) is 24.6 Å². The number of ether oxygens (including phenoxy) is 1. The monoisotopic (exact) mass is 177 g/mol. The van der Waals surface area contributed by atoms with E-state index in [2.05, 4.69) is 0 Å². The molecule has 0 aromatic heterocycles. The van der Waals surface area contributed by atoms with Gasteiger partial charge in [0.2, 0.25) is 0 Å². The van der Waals surface area contributed by atoms with E-state index in [4.69, 9.17) is 10.5 Å². The maximum absolute atomic E-state index is 5.45. The molecule has 0 radical (unpaired) electrons. The minimum atomic E-state index is 0.567. The number of hydrogen-bond donors (Lipinski definition) is 1. The molecule has 0 aliphatic heterocycles. The van der Waals surface area contributed by atoms with Crippen molar-refractivity contribution in [1.82, 2.24) is 0 Å². The van der Waals surface area contributed by atoms with Crippen LogP contribution in [0.3, 0.4) is 0 Å². The van der Waals surface area contributed by atoms with Crippen molar-refractivity contribution in [3.05, 3.63) is 42.0 Å². The first-order chi connectivity index (χ1) is 6.33. The first kappa shape index (κ1) is 9.81. The van der Waals surface area contributed by atoms with E-state index in [0.717, 1.165) is 5.75 Å². The molecule has 1 rings (SSSR count). The van der Waals surface area contributed by atoms with Crippen LogP contribution in [0.2, 0.25) is 0 Å². The lowest BCUT2D eigenvalue weighted by Crippen LogP contribution is -1.97. The second-order valence-corrected chi connectivity index (χ2v) is 2.83. The van der Waals surface area contributed by atoms with Gasteiger partial charge in [0.05, 0.1) is 0 Å². The highest BCUT2D eigenvalue weighted by Crippen LogP contribution is 2.11. The van der Waals surface area contributed by atoms with E-state index in [1.807, 2.05) is 43.3 Å². The molecule has 13 heavy (non-hydrogen) atoms. The van der Waals surface area contributed by atoms with Gasteiger partial charge in [-0.1, -0.05) is 24.3 Å².